The molecule has 0 atom stereocenters. The van der Waals surface area contributed by atoms with Crippen LogP contribution >= 0.6 is 0 Å². The molecule has 0 saturated heterocycles. The zero-order valence-electron chi connectivity index (χ0n) is 14.8. The Kier molecular flexibility index (Phi) is 6.08. The Morgan fingerprint density at radius 3 is 2.48 bits per heavy atom. The van der Waals surface area contributed by atoms with Crippen LogP contribution in [0.5, 0.6) is 5.75 Å². The number of amides is 1. The molecule has 2 aromatic rings. The summed E-state index contributed by atoms with van der Waals surface area (Å²) in [5.74, 6) is 3.37. The van der Waals surface area contributed by atoms with Crippen LogP contribution in [0.4, 0.5) is 4.79 Å². The highest BCUT2D eigenvalue weighted by Crippen LogP contribution is 2.24. The van der Waals surface area contributed by atoms with Crippen molar-refractivity contribution in [1.82, 2.24) is 5.32 Å². The lowest BCUT2D eigenvalue weighted by Crippen LogP contribution is -2.34. The number of carbonyl (C=O) groups excluding carboxylic acids is 1. The van der Waals surface area contributed by atoms with Gasteiger partial charge >= 0.3 is 6.09 Å². The molecule has 130 valence electrons. The number of ether oxygens (including phenoxy) is 2. The van der Waals surface area contributed by atoms with Crippen molar-refractivity contribution in [2.45, 2.75) is 26.4 Å². The van der Waals surface area contributed by atoms with Gasteiger partial charge in [-0.25, -0.2) is 4.79 Å². The van der Waals surface area contributed by atoms with Crippen molar-refractivity contribution < 1.29 is 14.3 Å². The monoisotopic (exact) mass is 337 g/mol. The van der Waals surface area contributed by atoms with E-state index in [0.29, 0.717) is 13.2 Å². The predicted molar refractivity (Wildman–Crippen MR) is 99.5 cm³/mol. The maximum atomic E-state index is 11.6. The van der Waals surface area contributed by atoms with Crippen LogP contribution in [0.15, 0.2) is 48.5 Å². The zero-order valence-corrected chi connectivity index (χ0v) is 14.8. The molecule has 0 spiro atoms. The lowest BCUT2D eigenvalue weighted by molar-refractivity contribution is 0.0520. The van der Waals surface area contributed by atoms with E-state index in [1.54, 1.807) is 0 Å². The van der Waals surface area contributed by atoms with Gasteiger partial charge in [0.05, 0.1) is 6.54 Å². The van der Waals surface area contributed by atoms with Gasteiger partial charge in [-0.2, -0.15) is 0 Å². The highest BCUT2D eigenvalue weighted by atomic mass is 16.6. The van der Waals surface area contributed by atoms with Crippen LogP contribution in [-0.4, -0.2) is 24.8 Å². The number of nitrogens with one attached hydrogen (secondary N) is 1. The van der Waals surface area contributed by atoms with E-state index in [-0.39, 0.29) is 0 Å². The van der Waals surface area contributed by atoms with E-state index in [2.05, 4.69) is 11.2 Å². The molecule has 0 aliphatic heterocycles. The minimum Gasteiger partial charge on any atom is -0.492 e. The SMILES string of the molecule is C#Cc1cccc(-c2cccc(OCCNC(=O)OC(C)(C)C)c2)c1. The van der Waals surface area contributed by atoms with Gasteiger partial charge in [-0.3, -0.25) is 0 Å². The molecule has 0 aromatic heterocycles. The average molecular weight is 337 g/mol. The molecular formula is C21H23NO3. The quantitative estimate of drug-likeness (QED) is 0.656. The largest absolute Gasteiger partial charge is 0.492 e. The van der Waals surface area contributed by atoms with Crippen LogP contribution in [0, 0.1) is 12.3 Å². The van der Waals surface area contributed by atoms with Gasteiger partial charge in [0, 0.05) is 5.56 Å². The Morgan fingerprint density at radius 2 is 1.80 bits per heavy atom. The highest BCUT2D eigenvalue weighted by Gasteiger charge is 2.15. The normalized spacial score (nSPS) is 10.6. The van der Waals surface area contributed by atoms with Gasteiger partial charge in [-0.15, -0.1) is 6.42 Å². The standard InChI is InChI=1S/C21H23NO3/c1-5-16-8-6-9-17(14-16)18-10-7-11-19(15-18)24-13-12-22-20(23)25-21(2,3)4/h1,6-11,14-15H,12-13H2,2-4H3,(H,22,23). The third kappa shape index (κ3) is 6.23. The Hall–Kier alpha value is -2.93. The van der Waals surface area contributed by atoms with Gasteiger partial charge in [0.15, 0.2) is 0 Å². The summed E-state index contributed by atoms with van der Waals surface area (Å²) in [6.07, 6.45) is 5.00. The summed E-state index contributed by atoms with van der Waals surface area (Å²) in [5.41, 5.74) is 2.39. The van der Waals surface area contributed by atoms with Gasteiger partial charge in [0.1, 0.15) is 18.0 Å². The maximum absolute atomic E-state index is 11.6. The van der Waals surface area contributed by atoms with Crippen LogP contribution in [0.1, 0.15) is 26.3 Å². The van der Waals surface area contributed by atoms with Crippen molar-refractivity contribution >= 4 is 6.09 Å². The summed E-state index contributed by atoms with van der Waals surface area (Å²) in [6, 6.07) is 15.5. The third-order valence-corrected chi connectivity index (χ3v) is 3.24. The molecule has 4 heteroatoms. The fourth-order valence-corrected chi connectivity index (χ4v) is 2.19. The minimum atomic E-state index is -0.508. The van der Waals surface area contributed by atoms with E-state index in [0.717, 1.165) is 22.4 Å². The van der Waals surface area contributed by atoms with Gasteiger partial charge < -0.3 is 14.8 Å². The first-order valence-corrected chi connectivity index (χ1v) is 8.14. The molecule has 2 rings (SSSR count). The van der Waals surface area contributed by atoms with Gasteiger partial charge in [-0.05, 0) is 56.2 Å². The second kappa shape index (κ2) is 8.25. The van der Waals surface area contributed by atoms with Crippen molar-refractivity contribution in [3.05, 3.63) is 54.1 Å². The Morgan fingerprint density at radius 1 is 1.12 bits per heavy atom. The zero-order chi connectivity index (χ0) is 18.3. The van der Waals surface area contributed by atoms with E-state index >= 15 is 0 Å². The molecule has 0 aliphatic rings. The van der Waals surface area contributed by atoms with Crippen molar-refractivity contribution in [2.75, 3.05) is 13.2 Å². The van der Waals surface area contributed by atoms with E-state index in [1.807, 2.05) is 69.3 Å². The summed E-state index contributed by atoms with van der Waals surface area (Å²) < 4.78 is 10.9. The first kappa shape index (κ1) is 18.4. The molecule has 0 fully saturated rings. The smallest absolute Gasteiger partial charge is 0.407 e. The fraction of sp³-hybridized carbons (Fsp3) is 0.286. The number of alkyl carbamates (subject to hydrolysis) is 1. The van der Waals surface area contributed by atoms with E-state index in [1.165, 1.54) is 0 Å². The number of terminal acetylenes is 1. The van der Waals surface area contributed by atoms with E-state index < -0.39 is 11.7 Å². The van der Waals surface area contributed by atoms with Crippen LogP contribution in [0.2, 0.25) is 0 Å². The highest BCUT2D eigenvalue weighted by molar-refractivity contribution is 5.68. The summed E-state index contributed by atoms with van der Waals surface area (Å²) in [4.78, 5) is 11.6. The first-order valence-electron chi connectivity index (χ1n) is 8.14. The molecule has 0 heterocycles. The molecule has 2 aromatic carbocycles. The van der Waals surface area contributed by atoms with Crippen LogP contribution in [0.25, 0.3) is 11.1 Å². The topological polar surface area (TPSA) is 47.6 Å². The lowest BCUT2D eigenvalue weighted by atomic mass is 10.0. The number of rotatable bonds is 5. The third-order valence-electron chi connectivity index (χ3n) is 3.24. The fourth-order valence-electron chi connectivity index (χ4n) is 2.19. The Balaban J connectivity index is 1.90. The minimum absolute atomic E-state index is 0.354. The van der Waals surface area contributed by atoms with Crippen molar-refractivity contribution in [1.29, 1.82) is 0 Å². The van der Waals surface area contributed by atoms with Crippen molar-refractivity contribution in [3.63, 3.8) is 0 Å². The molecule has 25 heavy (non-hydrogen) atoms. The molecule has 0 bridgehead atoms. The second-order valence-electron chi connectivity index (χ2n) is 6.53. The number of hydrogen-bond acceptors (Lipinski definition) is 3. The number of hydrogen-bond donors (Lipinski definition) is 1. The second-order valence-corrected chi connectivity index (χ2v) is 6.53. The molecule has 0 aliphatic carbocycles. The molecule has 0 radical (unpaired) electrons. The molecule has 1 amide bonds. The molecule has 0 unspecified atom stereocenters. The van der Waals surface area contributed by atoms with E-state index in [9.17, 15) is 4.79 Å². The van der Waals surface area contributed by atoms with Crippen molar-refractivity contribution in [3.8, 4) is 29.2 Å². The molecule has 1 N–H and O–H groups in total. The van der Waals surface area contributed by atoms with Crippen LogP contribution in [0.3, 0.4) is 0 Å². The van der Waals surface area contributed by atoms with Crippen LogP contribution in [-0.2, 0) is 4.74 Å². The predicted octanol–water partition coefficient (Wildman–Crippen LogP) is 4.24. The van der Waals surface area contributed by atoms with Crippen LogP contribution < -0.4 is 10.1 Å². The lowest BCUT2D eigenvalue weighted by Gasteiger charge is -2.19. The molecular weight excluding hydrogens is 314 g/mol. The summed E-state index contributed by atoms with van der Waals surface area (Å²) >= 11 is 0. The first-order chi connectivity index (χ1) is 11.9. The molecule has 0 saturated carbocycles. The maximum Gasteiger partial charge on any atom is 0.407 e. The Labute approximate surface area is 149 Å². The van der Waals surface area contributed by atoms with Crippen molar-refractivity contribution in [2.24, 2.45) is 0 Å². The molecule has 4 nitrogen and oxygen atoms in total. The van der Waals surface area contributed by atoms with Gasteiger partial charge in [0.25, 0.3) is 0 Å². The van der Waals surface area contributed by atoms with E-state index in [4.69, 9.17) is 15.9 Å². The summed E-state index contributed by atoms with van der Waals surface area (Å²) in [6.45, 7) is 6.19. The number of benzene rings is 2. The number of carbonyl (C=O) groups is 1. The Bertz CT molecular complexity index is 769. The summed E-state index contributed by atoms with van der Waals surface area (Å²) in [5, 5.41) is 2.66. The van der Waals surface area contributed by atoms with Gasteiger partial charge in [0.2, 0.25) is 0 Å². The summed E-state index contributed by atoms with van der Waals surface area (Å²) in [7, 11) is 0. The average Bonchev–Trinajstić information content (AvgIpc) is 2.57. The van der Waals surface area contributed by atoms with Gasteiger partial charge in [-0.1, -0.05) is 30.2 Å².